The number of nitrogens with one attached hydrogen (secondary N) is 1. The third kappa shape index (κ3) is 7.10. The van der Waals surface area contributed by atoms with E-state index in [2.05, 4.69) is 5.32 Å². The van der Waals surface area contributed by atoms with Gasteiger partial charge in [-0.25, -0.2) is 4.79 Å². The molecule has 0 aliphatic carbocycles. The molecule has 8 nitrogen and oxygen atoms in total. The molecule has 1 saturated heterocycles. The first-order valence-electron chi connectivity index (χ1n) is 11.8. The number of hydrogen-bond donors (Lipinski definition) is 1. The van der Waals surface area contributed by atoms with Gasteiger partial charge in [-0.3, -0.25) is 4.79 Å². The molecule has 0 saturated carbocycles. The van der Waals surface area contributed by atoms with E-state index in [1.165, 1.54) is 4.90 Å². The van der Waals surface area contributed by atoms with E-state index in [1.54, 1.807) is 48.6 Å². The summed E-state index contributed by atoms with van der Waals surface area (Å²) < 4.78 is 16.5. The van der Waals surface area contributed by atoms with Crippen molar-refractivity contribution in [1.82, 2.24) is 9.80 Å². The Kier molecular flexibility index (Phi) is 8.40. The van der Waals surface area contributed by atoms with E-state index in [9.17, 15) is 9.59 Å². The summed E-state index contributed by atoms with van der Waals surface area (Å²) in [5.74, 6) is 1.14. The second-order valence-electron chi connectivity index (χ2n) is 8.49. The lowest BCUT2D eigenvalue weighted by atomic mass is 10.2. The Morgan fingerprint density at radius 1 is 1.03 bits per heavy atom. The molecule has 2 aromatic carbocycles. The topological polar surface area (TPSA) is 84.3 Å². The van der Waals surface area contributed by atoms with Crippen molar-refractivity contribution in [3.05, 3.63) is 84.3 Å². The maximum absolute atomic E-state index is 13.5. The van der Waals surface area contributed by atoms with Gasteiger partial charge in [0.05, 0.1) is 26.0 Å². The van der Waals surface area contributed by atoms with Crippen LogP contribution in [0.1, 0.15) is 24.2 Å². The summed E-state index contributed by atoms with van der Waals surface area (Å²) in [5.41, 5.74) is 1.59. The molecule has 1 aliphatic heterocycles. The summed E-state index contributed by atoms with van der Waals surface area (Å²) in [7, 11) is 1.57. The summed E-state index contributed by atoms with van der Waals surface area (Å²) in [6, 6.07) is 20.2. The first-order valence-corrected chi connectivity index (χ1v) is 11.8. The quantitative estimate of drug-likeness (QED) is 0.464. The van der Waals surface area contributed by atoms with E-state index in [0.717, 1.165) is 18.4 Å². The second-order valence-corrected chi connectivity index (χ2v) is 8.49. The Hall–Kier alpha value is -3.78. The fourth-order valence-electron chi connectivity index (χ4n) is 4.05. The highest BCUT2D eigenvalue weighted by Gasteiger charge is 2.27. The van der Waals surface area contributed by atoms with Gasteiger partial charge in [-0.15, -0.1) is 0 Å². The molecule has 3 amide bonds. The van der Waals surface area contributed by atoms with Crippen LogP contribution in [0.2, 0.25) is 0 Å². The number of amides is 3. The van der Waals surface area contributed by atoms with Gasteiger partial charge in [0.15, 0.2) is 0 Å². The van der Waals surface area contributed by atoms with E-state index < -0.39 is 0 Å². The number of hydrogen-bond acceptors (Lipinski definition) is 5. The highest BCUT2D eigenvalue weighted by atomic mass is 16.5. The zero-order valence-electron chi connectivity index (χ0n) is 19.9. The molecule has 3 aromatic rings. The van der Waals surface area contributed by atoms with Gasteiger partial charge in [-0.05, 0) is 42.7 Å². The Morgan fingerprint density at radius 3 is 2.60 bits per heavy atom. The predicted molar refractivity (Wildman–Crippen MR) is 132 cm³/mol. The second kappa shape index (κ2) is 12.1. The molecule has 1 unspecified atom stereocenters. The van der Waals surface area contributed by atoms with Gasteiger partial charge in [0.2, 0.25) is 5.91 Å². The van der Waals surface area contributed by atoms with E-state index in [0.29, 0.717) is 43.4 Å². The number of carbonyl (C=O) groups is 2. The number of benzene rings is 2. The van der Waals surface area contributed by atoms with Crippen molar-refractivity contribution in [3.8, 4) is 5.75 Å². The fourth-order valence-corrected chi connectivity index (χ4v) is 4.05. The minimum Gasteiger partial charge on any atom is -0.497 e. The zero-order valence-corrected chi connectivity index (χ0v) is 19.9. The molecule has 2 heterocycles. The van der Waals surface area contributed by atoms with Gasteiger partial charge in [0, 0.05) is 31.5 Å². The molecular weight excluding hydrogens is 446 g/mol. The number of rotatable bonds is 10. The molecule has 4 rings (SSSR count). The molecule has 1 N–H and O–H groups in total. The molecule has 1 fully saturated rings. The Balaban J connectivity index is 1.50. The predicted octanol–water partition coefficient (Wildman–Crippen LogP) is 4.53. The van der Waals surface area contributed by atoms with Crippen LogP contribution in [-0.4, -0.2) is 54.6 Å². The van der Waals surface area contributed by atoms with Gasteiger partial charge >= 0.3 is 6.03 Å². The molecule has 0 bridgehead atoms. The minimum absolute atomic E-state index is 0.0802. The van der Waals surface area contributed by atoms with Gasteiger partial charge in [-0.1, -0.05) is 36.4 Å². The van der Waals surface area contributed by atoms with Crippen LogP contribution in [0.15, 0.2) is 77.4 Å². The van der Waals surface area contributed by atoms with Crippen LogP contribution in [-0.2, 0) is 22.6 Å². The maximum Gasteiger partial charge on any atom is 0.322 e. The van der Waals surface area contributed by atoms with Gasteiger partial charge in [-0.2, -0.15) is 0 Å². The summed E-state index contributed by atoms with van der Waals surface area (Å²) >= 11 is 0. The molecule has 0 spiro atoms. The van der Waals surface area contributed by atoms with Gasteiger partial charge in [0.25, 0.3) is 0 Å². The number of carbonyl (C=O) groups excluding carboxylic acids is 2. The molecular formula is C27H31N3O5. The first-order chi connectivity index (χ1) is 17.1. The van der Waals surface area contributed by atoms with Crippen molar-refractivity contribution < 1.29 is 23.5 Å². The van der Waals surface area contributed by atoms with E-state index in [1.807, 2.05) is 36.4 Å². The summed E-state index contributed by atoms with van der Waals surface area (Å²) in [4.78, 5) is 30.0. The molecule has 8 heteroatoms. The maximum atomic E-state index is 13.5. The van der Waals surface area contributed by atoms with Crippen LogP contribution < -0.4 is 10.1 Å². The number of urea groups is 1. The number of methoxy groups -OCH3 is 1. The highest BCUT2D eigenvalue weighted by Crippen LogP contribution is 2.19. The van der Waals surface area contributed by atoms with Crippen LogP contribution in [0, 0.1) is 0 Å². The van der Waals surface area contributed by atoms with Crippen molar-refractivity contribution >= 4 is 17.6 Å². The van der Waals surface area contributed by atoms with Crippen molar-refractivity contribution in [2.75, 3.05) is 32.1 Å². The lowest BCUT2D eigenvalue weighted by molar-refractivity contribution is -0.133. The molecule has 35 heavy (non-hydrogen) atoms. The molecule has 0 radical (unpaired) electrons. The number of furan rings is 1. The molecule has 1 aliphatic rings. The molecule has 1 atom stereocenters. The first kappa shape index (κ1) is 24.3. The minimum atomic E-state index is -0.361. The van der Waals surface area contributed by atoms with Gasteiger partial charge in [0.1, 0.15) is 18.1 Å². The average molecular weight is 478 g/mol. The van der Waals surface area contributed by atoms with Crippen molar-refractivity contribution in [1.29, 1.82) is 0 Å². The van der Waals surface area contributed by atoms with E-state index >= 15 is 0 Å². The van der Waals surface area contributed by atoms with Crippen LogP contribution in [0.5, 0.6) is 5.75 Å². The molecule has 184 valence electrons. The Labute approximate surface area is 205 Å². The largest absolute Gasteiger partial charge is 0.497 e. The van der Waals surface area contributed by atoms with Crippen LogP contribution in [0.4, 0.5) is 10.5 Å². The normalized spacial score (nSPS) is 14.9. The van der Waals surface area contributed by atoms with Crippen molar-refractivity contribution in [3.63, 3.8) is 0 Å². The molecule has 1 aromatic heterocycles. The third-order valence-electron chi connectivity index (χ3n) is 5.88. The zero-order chi connectivity index (χ0) is 24.5. The average Bonchev–Trinajstić information content (AvgIpc) is 3.58. The smallest absolute Gasteiger partial charge is 0.322 e. The van der Waals surface area contributed by atoms with Crippen LogP contribution >= 0.6 is 0 Å². The SMILES string of the molecule is COc1cccc(NC(=O)N(CC(=O)N(Cc2ccccc2)Cc2ccco2)CC2CCCO2)c1. The van der Waals surface area contributed by atoms with Crippen LogP contribution in [0.25, 0.3) is 0 Å². The van der Waals surface area contributed by atoms with Gasteiger partial charge < -0.3 is 29.0 Å². The lowest BCUT2D eigenvalue weighted by Crippen LogP contribution is -2.46. The van der Waals surface area contributed by atoms with E-state index in [4.69, 9.17) is 13.9 Å². The highest BCUT2D eigenvalue weighted by molar-refractivity contribution is 5.92. The third-order valence-corrected chi connectivity index (χ3v) is 5.88. The summed E-state index contributed by atoms with van der Waals surface area (Å²) in [6.07, 6.45) is 3.30. The summed E-state index contributed by atoms with van der Waals surface area (Å²) in [5, 5.41) is 2.89. The lowest BCUT2D eigenvalue weighted by Gasteiger charge is -2.29. The van der Waals surface area contributed by atoms with Crippen molar-refractivity contribution in [2.45, 2.75) is 32.0 Å². The standard InChI is InChI=1S/C27H31N3O5/c1-33-23-11-5-10-22(16-23)28-27(32)30(19-25-13-7-15-35-25)20-26(31)29(18-24-12-6-14-34-24)17-21-8-3-2-4-9-21/h2-6,8-12,14,16,25H,7,13,15,17-20H2,1H3,(H,28,32). The fraction of sp³-hybridized carbons (Fsp3) is 0.333. The Morgan fingerprint density at radius 2 is 1.89 bits per heavy atom. The summed E-state index contributed by atoms with van der Waals surface area (Å²) in [6.45, 7) is 1.64. The number of anilines is 1. The van der Waals surface area contributed by atoms with Crippen LogP contribution in [0.3, 0.4) is 0 Å². The Bertz CT molecular complexity index is 1080. The van der Waals surface area contributed by atoms with Crippen molar-refractivity contribution in [2.24, 2.45) is 0 Å². The number of nitrogens with zero attached hydrogens (tertiary/aromatic N) is 2. The number of ether oxygens (including phenoxy) is 2. The van der Waals surface area contributed by atoms with E-state index in [-0.39, 0.29) is 24.6 Å². The monoisotopic (exact) mass is 477 g/mol.